The Morgan fingerprint density at radius 3 is 3.11 bits per heavy atom. The molecule has 0 aromatic heterocycles. The number of rotatable bonds is 5. The van der Waals surface area contributed by atoms with Crippen molar-refractivity contribution in [1.29, 1.82) is 0 Å². The number of carbonyl (C=O) groups is 1. The van der Waals surface area contributed by atoms with E-state index < -0.39 is 5.97 Å². The van der Waals surface area contributed by atoms with Gasteiger partial charge in [0.1, 0.15) is 5.75 Å². The Hall–Kier alpha value is -1.07. The van der Waals surface area contributed by atoms with Crippen molar-refractivity contribution in [2.45, 2.75) is 32.4 Å². The standard InChI is InChI=1S/C13H16BrNO3/c1-8(4-12(16)17)15-7-10-6-11(14)5-9-2-3-18-13(9)10/h5-6,8,15H,2-4,7H2,1H3,(H,16,17). The van der Waals surface area contributed by atoms with Gasteiger partial charge in [-0.1, -0.05) is 15.9 Å². The number of fused-ring (bicyclic) bond motifs is 1. The zero-order chi connectivity index (χ0) is 13.1. The highest BCUT2D eigenvalue weighted by atomic mass is 79.9. The van der Waals surface area contributed by atoms with Crippen molar-refractivity contribution >= 4 is 21.9 Å². The Morgan fingerprint density at radius 1 is 1.61 bits per heavy atom. The summed E-state index contributed by atoms with van der Waals surface area (Å²) in [4.78, 5) is 10.6. The maximum atomic E-state index is 10.6. The van der Waals surface area contributed by atoms with E-state index in [2.05, 4.69) is 27.3 Å². The smallest absolute Gasteiger partial charge is 0.304 e. The maximum Gasteiger partial charge on any atom is 0.304 e. The van der Waals surface area contributed by atoms with E-state index in [0.717, 1.165) is 28.8 Å². The molecule has 0 radical (unpaired) electrons. The number of carboxylic acid groups (broad SMARTS) is 1. The molecule has 2 N–H and O–H groups in total. The first-order valence-electron chi connectivity index (χ1n) is 5.95. The molecule has 1 heterocycles. The quantitative estimate of drug-likeness (QED) is 0.876. The molecule has 5 heteroatoms. The van der Waals surface area contributed by atoms with Gasteiger partial charge in [0.15, 0.2) is 0 Å². The SMILES string of the molecule is CC(CC(=O)O)NCc1cc(Br)cc2c1OCC2. The van der Waals surface area contributed by atoms with Crippen molar-refractivity contribution < 1.29 is 14.6 Å². The second-order valence-corrected chi connectivity index (χ2v) is 5.45. The molecule has 18 heavy (non-hydrogen) atoms. The number of hydrogen-bond donors (Lipinski definition) is 2. The van der Waals surface area contributed by atoms with Gasteiger partial charge in [0.25, 0.3) is 0 Å². The number of benzene rings is 1. The highest BCUT2D eigenvalue weighted by Gasteiger charge is 2.18. The first-order valence-corrected chi connectivity index (χ1v) is 6.75. The van der Waals surface area contributed by atoms with E-state index >= 15 is 0 Å². The van der Waals surface area contributed by atoms with Crippen LogP contribution < -0.4 is 10.1 Å². The van der Waals surface area contributed by atoms with Crippen LogP contribution in [0.5, 0.6) is 5.75 Å². The fourth-order valence-corrected chi connectivity index (χ4v) is 2.65. The van der Waals surface area contributed by atoms with Crippen LogP contribution in [0.2, 0.25) is 0 Å². The highest BCUT2D eigenvalue weighted by Crippen LogP contribution is 2.32. The number of halogens is 1. The van der Waals surface area contributed by atoms with Crippen molar-refractivity contribution in [2.24, 2.45) is 0 Å². The molecule has 1 aliphatic rings. The third-order valence-corrected chi connectivity index (χ3v) is 3.40. The molecule has 0 amide bonds. The van der Waals surface area contributed by atoms with Gasteiger partial charge in [-0.05, 0) is 24.6 Å². The monoisotopic (exact) mass is 313 g/mol. The number of aliphatic carboxylic acids is 1. The van der Waals surface area contributed by atoms with E-state index in [9.17, 15) is 4.79 Å². The predicted molar refractivity (Wildman–Crippen MR) is 71.9 cm³/mol. The van der Waals surface area contributed by atoms with Gasteiger partial charge in [0.2, 0.25) is 0 Å². The Balaban J connectivity index is 2.03. The second-order valence-electron chi connectivity index (χ2n) is 4.53. The van der Waals surface area contributed by atoms with Gasteiger partial charge in [-0.2, -0.15) is 0 Å². The van der Waals surface area contributed by atoms with E-state index in [1.54, 1.807) is 0 Å². The van der Waals surface area contributed by atoms with E-state index in [4.69, 9.17) is 9.84 Å². The molecule has 1 aromatic carbocycles. The maximum absolute atomic E-state index is 10.6. The van der Waals surface area contributed by atoms with Gasteiger partial charge in [-0.25, -0.2) is 0 Å². The van der Waals surface area contributed by atoms with Crippen molar-refractivity contribution in [1.82, 2.24) is 5.32 Å². The molecule has 1 atom stereocenters. The lowest BCUT2D eigenvalue weighted by molar-refractivity contribution is -0.137. The molecule has 0 saturated heterocycles. The molecule has 98 valence electrons. The third kappa shape index (κ3) is 3.23. The zero-order valence-electron chi connectivity index (χ0n) is 10.2. The van der Waals surface area contributed by atoms with Crippen LogP contribution in [0.15, 0.2) is 16.6 Å². The van der Waals surface area contributed by atoms with Crippen molar-refractivity contribution in [3.05, 3.63) is 27.7 Å². The van der Waals surface area contributed by atoms with Crippen LogP contribution in [0.4, 0.5) is 0 Å². The summed E-state index contributed by atoms with van der Waals surface area (Å²) in [5.74, 6) is 0.166. The average molecular weight is 314 g/mol. The van der Waals surface area contributed by atoms with Crippen molar-refractivity contribution in [2.75, 3.05) is 6.61 Å². The zero-order valence-corrected chi connectivity index (χ0v) is 11.8. The summed E-state index contributed by atoms with van der Waals surface area (Å²) in [6, 6.07) is 4.04. The minimum absolute atomic E-state index is 0.0569. The summed E-state index contributed by atoms with van der Waals surface area (Å²) in [7, 11) is 0. The molecule has 0 bridgehead atoms. The molecule has 0 spiro atoms. The molecule has 1 aromatic rings. The third-order valence-electron chi connectivity index (χ3n) is 2.95. The number of carboxylic acids is 1. The van der Waals surface area contributed by atoms with Gasteiger partial charge in [-0.3, -0.25) is 4.79 Å². The normalized spacial score (nSPS) is 15.0. The molecule has 1 unspecified atom stereocenters. The van der Waals surface area contributed by atoms with Crippen LogP contribution in [0.25, 0.3) is 0 Å². The first kappa shape index (κ1) is 13.4. The van der Waals surface area contributed by atoms with Crippen molar-refractivity contribution in [3.63, 3.8) is 0 Å². The minimum atomic E-state index is -0.786. The number of nitrogens with one attached hydrogen (secondary N) is 1. The molecule has 0 aliphatic carbocycles. The minimum Gasteiger partial charge on any atom is -0.493 e. The van der Waals surface area contributed by atoms with Gasteiger partial charge in [0.05, 0.1) is 13.0 Å². The van der Waals surface area contributed by atoms with Gasteiger partial charge >= 0.3 is 5.97 Å². The van der Waals surface area contributed by atoms with Crippen LogP contribution in [-0.4, -0.2) is 23.7 Å². The summed E-state index contributed by atoms with van der Waals surface area (Å²) in [6.07, 6.45) is 1.06. The van der Waals surface area contributed by atoms with E-state index in [1.165, 1.54) is 5.56 Å². The Morgan fingerprint density at radius 2 is 2.39 bits per heavy atom. The predicted octanol–water partition coefficient (Wildman–Crippen LogP) is 2.34. The lowest BCUT2D eigenvalue weighted by Crippen LogP contribution is -2.28. The molecular formula is C13H16BrNO3. The van der Waals surface area contributed by atoms with E-state index in [0.29, 0.717) is 6.54 Å². The van der Waals surface area contributed by atoms with Crippen LogP contribution in [0, 0.1) is 0 Å². The summed E-state index contributed by atoms with van der Waals surface area (Å²) in [5.41, 5.74) is 2.29. The van der Waals surface area contributed by atoms with Gasteiger partial charge < -0.3 is 15.2 Å². The van der Waals surface area contributed by atoms with Crippen LogP contribution in [-0.2, 0) is 17.8 Å². The number of ether oxygens (including phenoxy) is 1. The Labute approximate surface area is 114 Å². The van der Waals surface area contributed by atoms with Crippen LogP contribution >= 0.6 is 15.9 Å². The Kier molecular flexibility index (Phi) is 4.24. The average Bonchev–Trinajstić information content (AvgIpc) is 2.72. The molecule has 0 saturated carbocycles. The lowest BCUT2D eigenvalue weighted by Gasteiger charge is -2.14. The molecular weight excluding hydrogens is 298 g/mol. The van der Waals surface area contributed by atoms with Crippen LogP contribution in [0.1, 0.15) is 24.5 Å². The fraction of sp³-hybridized carbons (Fsp3) is 0.462. The fourth-order valence-electron chi connectivity index (χ4n) is 2.10. The number of hydrogen-bond acceptors (Lipinski definition) is 3. The molecule has 4 nitrogen and oxygen atoms in total. The Bertz CT molecular complexity index is 462. The van der Waals surface area contributed by atoms with Crippen LogP contribution in [0.3, 0.4) is 0 Å². The van der Waals surface area contributed by atoms with Gasteiger partial charge in [0, 0.05) is 29.0 Å². The second kappa shape index (κ2) is 5.71. The van der Waals surface area contributed by atoms with E-state index in [1.807, 2.05) is 13.0 Å². The molecule has 2 rings (SSSR count). The summed E-state index contributed by atoms with van der Waals surface area (Å²) >= 11 is 3.49. The van der Waals surface area contributed by atoms with Gasteiger partial charge in [-0.15, -0.1) is 0 Å². The topological polar surface area (TPSA) is 58.6 Å². The van der Waals surface area contributed by atoms with E-state index in [-0.39, 0.29) is 12.5 Å². The summed E-state index contributed by atoms with van der Waals surface area (Å²) in [5, 5.41) is 11.9. The molecule has 0 fully saturated rings. The highest BCUT2D eigenvalue weighted by molar-refractivity contribution is 9.10. The molecule has 1 aliphatic heterocycles. The first-order chi connectivity index (χ1) is 8.56. The van der Waals surface area contributed by atoms with Crippen molar-refractivity contribution in [3.8, 4) is 5.75 Å². The summed E-state index contributed by atoms with van der Waals surface area (Å²) < 4.78 is 6.66. The largest absolute Gasteiger partial charge is 0.493 e. The lowest BCUT2D eigenvalue weighted by atomic mass is 10.1. The summed E-state index contributed by atoms with van der Waals surface area (Å²) in [6.45, 7) is 3.22.